The molecular formula is C16H21Cl2IN4S. The summed E-state index contributed by atoms with van der Waals surface area (Å²) >= 11 is 13.3. The average molecular weight is 499 g/mol. The SMILES string of the molecule is CCNC(=NCCc1ccc(Cl)s1)NCCc1ccc(Cl)nc1.I. The van der Waals surface area contributed by atoms with E-state index in [9.17, 15) is 0 Å². The fourth-order valence-corrected chi connectivity index (χ4v) is 3.17. The summed E-state index contributed by atoms with van der Waals surface area (Å²) in [6, 6.07) is 7.77. The van der Waals surface area contributed by atoms with E-state index in [2.05, 4.69) is 33.6 Å². The van der Waals surface area contributed by atoms with E-state index in [0.29, 0.717) is 5.15 Å². The Morgan fingerprint density at radius 3 is 2.62 bits per heavy atom. The number of aliphatic imine (C=N–C) groups is 1. The number of hydrogen-bond donors (Lipinski definition) is 2. The van der Waals surface area contributed by atoms with E-state index < -0.39 is 0 Å². The van der Waals surface area contributed by atoms with Crippen molar-refractivity contribution in [3.05, 3.63) is 50.4 Å². The maximum atomic E-state index is 5.93. The van der Waals surface area contributed by atoms with Gasteiger partial charge in [0, 0.05) is 37.1 Å². The molecule has 0 aliphatic heterocycles. The van der Waals surface area contributed by atoms with Gasteiger partial charge in [-0.2, -0.15) is 0 Å². The molecule has 0 unspecified atom stereocenters. The fourth-order valence-electron chi connectivity index (χ4n) is 1.99. The minimum absolute atomic E-state index is 0. The predicted molar refractivity (Wildman–Crippen MR) is 115 cm³/mol. The summed E-state index contributed by atoms with van der Waals surface area (Å²) in [7, 11) is 0. The quantitative estimate of drug-likeness (QED) is 0.257. The summed E-state index contributed by atoms with van der Waals surface area (Å²) in [5.74, 6) is 0.831. The number of hydrogen-bond acceptors (Lipinski definition) is 3. The topological polar surface area (TPSA) is 49.3 Å². The maximum Gasteiger partial charge on any atom is 0.191 e. The van der Waals surface area contributed by atoms with E-state index >= 15 is 0 Å². The zero-order valence-corrected chi connectivity index (χ0v) is 18.0. The van der Waals surface area contributed by atoms with Gasteiger partial charge in [-0.1, -0.05) is 29.3 Å². The molecule has 132 valence electrons. The van der Waals surface area contributed by atoms with Crippen molar-refractivity contribution >= 4 is 64.5 Å². The molecule has 0 aliphatic rings. The highest BCUT2D eigenvalue weighted by Gasteiger charge is 2.00. The molecule has 0 amide bonds. The monoisotopic (exact) mass is 498 g/mol. The maximum absolute atomic E-state index is 5.93. The first kappa shape index (κ1) is 21.5. The van der Waals surface area contributed by atoms with Crippen molar-refractivity contribution < 1.29 is 0 Å². The summed E-state index contributed by atoms with van der Waals surface area (Å²) in [6.07, 6.45) is 3.57. The molecule has 4 nitrogen and oxygen atoms in total. The fraction of sp³-hybridized carbons (Fsp3) is 0.375. The molecule has 0 aliphatic carbocycles. The molecule has 0 saturated heterocycles. The van der Waals surface area contributed by atoms with Crippen molar-refractivity contribution in [2.75, 3.05) is 19.6 Å². The first-order valence-corrected chi connectivity index (χ1v) is 9.11. The van der Waals surface area contributed by atoms with Crippen LogP contribution < -0.4 is 10.6 Å². The highest BCUT2D eigenvalue weighted by molar-refractivity contribution is 14.0. The standard InChI is InChI=1S/C16H20Cl2N4S.HI/c1-2-19-16(21-10-8-13-4-6-15(18)23-13)20-9-7-12-3-5-14(17)22-11-12;/h3-6,11H,2,7-10H2,1H3,(H2,19,20,21);1H. The lowest BCUT2D eigenvalue weighted by Crippen LogP contribution is -2.38. The summed E-state index contributed by atoms with van der Waals surface area (Å²) in [5, 5.41) is 7.10. The molecule has 2 N–H and O–H groups in total. The van der Waals surface area contributed by atoms with Crippen molar-refractivity contribution in [1.29, 1.82) is 0 Å². The van der Waals surface area contributed by atoms with Crippen LogP contribution in [-0.2, 0) is 12.8 Å². The molecule has 0 aromatic carbocycles. The van der Waals surface area contributed by atoms with E-state index in [1.54, 1.807) is 17.5 Å². The van der Waals surface area contributed by atoms with Crippen molar-refractivity contribution in [3.8, 4) is 0 Å². The third-order valence-corrected chi connectivity index (χ3v) is 4.61. The second-order valence-electron chi connectivity index (χ2n) is 4.88. The minimum Gasteiger partial charge on any atom is -0.357 e. The summed E-state index contributed by atoms with van der Waals surface area (Å²) < 4.78 is 0.825. The Kier molecular flexibility index (Phi) is 10.6. The molecule has 2 heterocycles. The lowest BCUT2D eigenvalue weighted by Gasteiger charge is -2.11. The molecule has 0 spiro atoms. The van der Waals surface area contributed by atoms with Crippen molar-refractivity contribution in [3.63, 3.8) is 0 Å². The van der Waals surface area contributed by atoms with Gasteiger partial charge in [0.1, 0.15) is 5.15 Å². The summed E-state index contributed by atoms with van der Waals surface area (Å²) in [4.78, 5) is 9.92. The first-order valence-electron chi connectivity index (χ1n) is 7.54. The molecule has 0 radical (unpaired) electrons. The molecule has 0 atom stereocenters. The predicted octanol–water partition coefficient (Wildman–Crippen LogP) is 4.41. The molecule has 0 fully saturated rings. The summed E-state index contributed by atoms with van der Waals surface area (Å²) in [6.45, 7) is 4.41. The summed E-state index contributed by atoms with van der Waals surface area (Å²) in [5.41, 5.74) is 1.14. The first-order chi connectivity index (χ1) is 11.2. The molecule has 0 saturated carbocycles. The number of halogens is 3. The molecule has 24 heavy (non-hydrogen) atoms. The number of pyridine rings is 1. The van der Waals surface area contributed by atoms with Crippen LogP contribution >= 0.6 is 58.5 Å². The zero-order chi connectivity index (χ0) is 16.5. The second-order valence-corrected chi connectivity index (χ2v) is 7.07. The Morgan fingerprint density at radius 2 is 2.00 bits per heavy atom. The smallest absolute Gasteiger partial charge is 0.191 e. The Labute approximate surface area is 174 Å². The second kappa shape index (κ2) is 11.9. The van der Waals surface area contributed by atoms with Crippen molar-refractivity contribution in [1.82, 2.24) is 15.6 Å². The number of aromatic nitrogens is 1. The van der Waals surface area contributed by atoms with E-state index in [4.69, 9.17) is 23.2 Å². The van der Waals surface area contributed by atoms with Crippen LogP contribution in [-0.4, -0.2) is 30.6 Å². The molecule has 8 heteroatoms. The Hall–Kier alpha value is -0.570. The largest absolute Gasteiger partial charge is 0.357 e. The van der Waals surface area contributed by atoms with E-state index in [1.165, 1.54) is 4.88 Å². The van der Waals surface area contributed by atoms with Crippen molar-refractivity contribution in [2.24, 2.45) is 4.99 Å². The van der Waals surface area contributed by atoms with Crippen LogP contribution in [0.4, 0.5) is 0 Å². The Bertz CT molecular complexity index is 631. The molecular weight excluding hydrogens is 478 g/mol. The van der Waals surface area contributed by atoms with Gasteiger partial charge >= 0.3 is 0 Å². The van der Waals surface area contributed by atoms with Gasteiger partial charge in [0.15, 0.2) is 5.96 Å². The number of guanidine groups is 1. The van der Waals surface area contributed by atoms with Crippen LogP contribution in [0.1, 0.15) is 17.4 Å². The molecule has 0 bridgehead atoms. The zero-order valence-electron chi connectivity index (χ0n) is 13.4. The van der Waals surface area contributed by atoms with Gasteiger partial charge in [-0.25, -0.2) is 4.98 Å². The third kappa shape index (κ3) is 8.00. The Morgan fingerprint density at radius 1 is 1.17 bits per heavy atom. The van der Waals surface area contributed by atoms with Crippen LogP contribution in [0, 0.1) is 0 Å². The van der Waals surface area contributed by atoms with Crippen LogP contribution in [0.2, 0.25) is 9.49 Å². The molecule has 2 aromatic rings. The Balaban J connectivity index is 0.00000288. The van der Waals surface area contributed by atoms with Crippen molar-refractivity contribution in [2.45, 2.75) is 19.8 Å². The highest BCUT2D eigenvalue weighted by Crippen LogP contribution is 2.21. The van der Waals surface area contributed by atoms with E-state index in [1.807, 2.05) is 18.2 Å². The average Bonchev–Trinajstić information content (AvgIpc) is 2.95. The van der Waals surface area contributed by atoms with Gasteiger partial charge in [0.2, 0.25) is 0 Å². The van der Waals surface area contributed by atoms with Crippen LogP contribution in [0.15, 0.2) is 35.5 Å². The van der Waals surface area contributed by atoms with Crippen LogP contribution in [0.3, 0.4) is 0 Å². The van der Waals surface area contributed by atoms with Gasteiger partial charge < -0.3 is 10.6 Å². The lowest BCUT2D eigenvalue weighted by atomic mass is 10.2. The van der Waals surface area contributed by atoms with Gasteiger partial charge in [0.25, 0.3) is 0 Å². The molecule has 2 rings (SSSR count). The lowest BCUT2D eigenvalue weighted by molar-refractivity contribution is 0.796. The van der Waals surface area contributed by atoms with E-state index in [-0.39, 0.29) is 24.0 Å². The molecule has 2 aromatic heterocycles. The normalized spacial score (nSPS) is 11.0. The van der Waals surface area contributed by atoms with Crippen LogP contribution in [0.25, 0.3) is 0 Å². The number of nitrogens with zero attached hydrogens (tertiary/aromatic N) is 2. The number of rotatable bonds is 7. The van der Waals surface area contributed by atoms with Crippen LogP contribution in [0.5, 0.6) is 0 Å². The minimum atomic E-state index is 0. The number of thiophene rings is 1. The van der Waals surface area contributed by atoms with Gasteiger partial charge in [-0.05, 0) is 37.1 Å². The van der Waals surface area contributed by atoms with Gasteiger partial charge in [-0.15, -0.1) is 35.3 Å². The van der Waals surface area contributed by atoms with Gasteiger partial charge in [-0.3, -0.25) is 4.99 Å². The number of nitrogens with one attached hydrogen (secondary N) is 2. The highest BCUT2D eigenvalue weighted by atomic mass is 127. The van der Waals surface area contributed by atoms with Gasteiger partial charge in [0.05, 0.1) is 4.34 Å². The van der Waals surface area contributed by atoms with E-state index in [0.717, 1.165) is 48.3 Å². The third-order valence-electron chi connectivity index (χ3n) is 3.10.